The van der Waals surface area contributed by atoms with E-state index in [4.69, 9.17) is 4.74 Å². The molecule has 3 amide bonds. The molecule has 9 heteroatoms. The fourth-order valence-corrected chi connectivity index (χ4v) is 5.64. The van der Waals surface area contributed by atoms with Crippen LogP contribution in [0.2, 0.25) is 0 Å². The van der Waals surface area contributed by atoms with Crippen molar-refractivity contribution in [3.63, 3.8) is 0 Å². The van der Waals surface area contributed by atoms with Gasteiger partial charge in [0.25, 0.3) is 11.8 Å². The molecular weight excluding hydrogens is 470 g/mol. The summed E-state index contributed by atoms with van der Waals surface area (Å²) in [7, 11) is 0. The van der Waals surface area contributed by atoms with E-state index in [1.807, 2.05) is 42.6 Å². The predicted molar refractivity (Wildman–Crippen MR) is 136 cm³/mol. The van der Waals surface area contributed by atoms with Crippen molar-refractivity contribution in [2.75, 3.05) is 38.2 Å². The number of benzene rings is 1. The smallest absolute Gasteiger partial charge is 0.257 e. The summed E-state index contributed by atoms with van der Waals surface area (Å²) < 4.78 is 5.39. The molecule has 0 saturated carbocycles. The van der Waals surface area contributed by atoms with E-state index in [1.54, 1.807) is 16.3 Å². The average molecular weight is 498 g/mol. The molecule has 0 bridgehead atoms. The summed E-state index contributed by atoms with van der Waals surface area (Å²) in [4.78, 5) is 40.9. The van der Waals surface area contributed by atoms with Crippen LogP contribution in [0.5, 0.6) is 0 Å². The lowest BCUT2D eigenvalue weighted by Crippen LogP contribution is -2.41. The van der Waals surface area contributed by atoms with Crippen LogP contribution in [0.25, 0.3) is 10.4 Å². The van der Waals surface area contributed by atoms with Crippen LogP contribution in [0.4, 0.5) is 5.00 Å². The van der Waals surface area contributed by atoms with Crippen molar-refractivity contribution >= 4 is 45.4 Å². The monoisotopic (exact) mass is 497 g/mol. The Hall–Kier alpha value is -3.01. The van der Waals surface area contributed by atoms with Crippen molar-refractivity contribution in [2.24, 2.45) is 0 Å². The molecule has 0 aliphatic carbocycles. The Morgan fingerprint density at radius 3 is 2.56 bits per heavy atom. The highest BCUT2D eigenvalue weighted by atomic mass is 32.1. The molecule has 0 spiro atoms. The van der Waals surface area contributed by atoms with Crippen LogP contribution in [-0.2, 0) is 9.53 Å². The zero-order valence-electron chi connectivity index (χ0n) is 19.0. The standard InChI is InChI=1S/C25H27N3O4S2/c1-17-21(25(31)28-11-13-32-14-12-28)24(34-22(17)18-6-3-2-4-7-18)27-20(29)8-5-10-26-23(30)19-9-15-33-16-19/h2-4,6-7,9,15-16H,5,8,10-14H2,1H3,(H,26,30)(H,27,29). The zero-order valence-corrected chi connectivity index (χ0v) is 20.6. The van der Waals surface area contributed by atoms with Gasteiger partial charge in [0, 0.05) is 41.9 Å². The first kappa shape index (κ1) is 24.1. The fraction of sp³-hybridized carbons (Fsp3) is 0.320. The minimum absolute atomic E-state index is 0.0856. The maximum absolute atomic E-state index is 13.4. The molecule has 1 aromatic carbocycles. The van der Waals surface area contributed by atoms with Gasteiger partial charge in [0.2, 0.25) is 5.91 Å². The Morgan fingerprint density at radius 2 is 1.85 bits per heavy atom. The largest absolute Gasteiger partial charge is 0.378 e. The van der Waals surface area contributed by atoms with Crippen LogP contribution in [0, 0.1) is 6.92 Å². The van der Waals surface area contributed by atoms with Crippen LogP contribution >= 0.6 is 22.7 Å². The number of thiophene rings is 2. The molecule has 0 radical (unpaired) electrons. The van der Waals surface area contributed by atoms with Crippen molar-refractivity contribution in [3.05, 3.63) is 63.8 Å². The number of nitrogens with one attached hydrogen (secondary N) is 2. The average Bonchev–Trinajstić information content (AvgIpc) is 3.51. The number of hydrogen-bond acceptors (Lipinski definition) is 6. The lowest BCUT2D eigenvalue weighted by Gasteiger charge is -2.27. The first-order valence-corrected chi connectivity index (χ1v) is 13.0. The second kappa shape index (κ2) is 11.4. The minimum atomic E-state index is -0.179. The maximum atomic E-state index is 13.4. The quantitative estimate of drug-likeness (QED) is 0.452. The molecule has 7 nitrogen and oxygen atoms in total. The molecule has 0 unspecified atom stereocenters. The van der Waals surface area contributed by atoms with E-state index in [2.05, 4.69) is 10.6 Å². The number of amides is 3. The summed E-state index contributed by atoms with van der Waals surface area (Å²) in [6.45, 7) is 4.43. The minimum Gasteiger partial charge on any atom is -0.378 e. The van der Waals surface area contributed by atoms with E-state index in [0.29, 0.717) is 55.4 Å². The number of carbonyl (C=O) groups excluding carboxylic acids is 3. The van der Waals surface area contributed by atoms with Crippen LogP contribution in [-0.4, -0.2) is 55.5 Å². The highest BCUT2D eigenvalue weighted by Gasteiger charge is 2.27. The fourth-order valence-electron chi connectivity index (χ4n) is 3.78. The number of hydrogen-bond donors (Lipinski definition) is 2. The van der Waals surface area contributed by atoms with Crippen molar-refractivity contribution in [2.45, 2.75) is 19.8 Å². The maximum Gasteiger partial charge on any atom is 0.257 e. The van der Waals surface area contributed by atoms with Crippen LogP contribution < -0.4 is 10.6 Å². The molecule has 1 aliphatic rings. The zero-order chi connectivity index (χ0) is 23.9. The number of morpholine rings is 1. The van der Waals surface area contributed by atoms with Gasteiger partial charge in [-0.1, -0.05) is 30.3 Å². The third-order valence-corrected chi connectivity index (χ3v) is 7.54. The Kier molecular flexibility index (Phi) is 8.10. The molecule has 1 fully saturated rings. The lowest BCUT2D eigenvalue weighted by molar-refractivity contribution is -0.116. The Balaban J connectivity index is 1.45. The van der Waals surface area contributed by atoms with E-state index < -0.39 is 0 Å². The normalized spacial score (nSPS) is 13.5. The Bertz CT molecular complexity index is 1140. The van der Waals surface area contributed by atoms with Crippen LogP contribution in [0.15, 0.2) is 47.2 Å². The summed E-state index contributed by atoms with van der Waals surface area (Å²) in [6, 6.07) is 11.6. The summed E-state index contributed by atoms with van der Waals surface area (Å²) in [6.07, 6.45) is 0.747. The molecule has 34 heavy (non-hydrogen) atoms. The Labute approximate surface area is 206 Å². The number of ether oxygens (including phenoxy) is 1. The van der Waals surface area contributed by atoms with Gasteiger partial charge in [0.15, 0.2) is 0 Å². The Morgan fingerprint density at radius 1 is 1.09 bits per heavy atom. The second-order valence-electron chi connectivity index (χ2n) is 7.95. The van der Waals surface area contributed by atoms with Crippen molar-refractivity contribution in [1.29, 1.82) is 0 Å². The molecule has 4 rings (SSSR count). The molecule has 2 N–H and O–H groups in total. The van der Waals surface area contributed by atoms with E-state index in [1.165, 1.54) is 22.7 Å². The molecule has 1 aliphatic heterocycles. The van der Waals surface area contributed by atoms with Crippen LogP contribution in [0.3, 0.4) is 0 Å². The number of anilines is 1. The van der Waals surface area contributed by atoms with Gasteiger partial charge in [-0.2, -0.15) is 11.3 Å². The van der Waals surface area contributed by atoms with Crippen molar-refractivity contribution in [3.8, 4) is 10.4 Å². The molecule has 3 aromatic rings. The summed E-state index contributed by atoms with van der Waals surface area (Å²) >= 11 is 2.89. The van der Waals surface area contributed by atoms with Gasteiger partial charge in [0.1, 0.15) is 5.00 Å². The van der Waals surface area contributed by atoms with E-state index in [0.717, 1.165) is 16.0 Å². The molecule has 0 atom stereocenters. The van der Waals surface area contributed by atoms with Crippen molar-refractivity contribution < 1.29 is 19.1 Å². The van der Waals surface area contributed by atoms with Gasteiger partial charge >= 0.3 is 0 Å². The van der Waals surface area contributed by atoms with Gasteiger partial charge in [-0.25, -0.2) is 0 Å². The first-order chi connectivity index (χ1) is 16.5. The van der Waals surface area contributed by atoms with Gasteiger partial charge in [-0.05, 0) is 35.9 Å². The lowest BCUT2D eigenvalue weighted by atomic mass is 10.1. The highest BCUT2D eigenvalue weighted by molar-refractivity contribution is 7.20. The van der Waals surface area contributed by atoms with Gasteiger partial charge in [-0.3, -0.25) is 14.4 Å². The van der Waals surface area contributed by atoms with E-state index in [-0.39, 0.29) is 24.1 Å². The summed E-state index contributed by atoms with van der Waals surface area (Å²) in [5.41, 5.74) is 3.05. The predicted octanol–water partition coefficient (Wildman–Crippen LogP) is 4.41. The summed E-state index contributed by atoms with van der Waals surface area (Å²) in [5, 5.41) is 10.0. The van der Waals surface area contributed by atoms with Crippen molar-refractivity contribution in [1.82, 2.24) is 10.2 Å². The molecule has 3 heterocycles. The second-order valence-corrected chi connectivity index (χ2v) is 9.75. The SMILES string of the molecule is Cc1c(-c2ccccc2)sc(NC(=O)CCCNC(=O)c2ccsc2)c1C(=O)N1CCOCC1. The molecule has 1 saturated heterocycles. The van der Waals surface area contributed by atoms with Gasteiger partial charge in [0.05, 0.1) is 18.8 Å². The van der Waals surface area contributed by atoms with Gasteiger partial charge < -0.3 is 20.3 Å². The third kappa shape index (κ3) is 5.72. The number of nitrogens with zero attached hydrogens (tertiary/aromatic N) is 1. The topological polar surface area (TPSA) is 87.7 Å². The first-order valence-electron chi connectivity index (χ1n) is 11.2. The summed E-state index contributed by atoms with van der Waals surface area (Å²) in [5.74, 6) is -0.402. The highest BCUT2D eigenvalue weighted by Crippen LogP contribution is 2.40. The van der Waals surface area contributed by atoms with E-state index in [9.17, 15) is 14.4 Å². The number of rotatable bonds is 8. The molecular formula is C25H27N3O4S2. The van der Waals surface area contributed by atoms with Crippen LogP contribution in [0.1, 0.15) is 39.1 Å². The molecule has 2 aromatic heterocycles. The third-order valence-electron chi connectivity index (χ3n) is 5.60. The number of carbonyl (C=O) groups is 3. The molecule has 178 valence electrons. The van der Waals surface area contributed by atoms with E-state index >= 15 is 0 Å². The van der Waals surface area contributed by atoms with Gasteiger partial charge in [-0.15, -0.1) is 11.3 Å².